The Kier molecular flexibility index (Phi) is 6.90. The molecule has 0 bridgehead atoms. The molecule has 0 aliphatic heterocycles. The molecule has 0 fully saturated rings. The number of aromatic nitrogens is 4. The number of methoxy groups -OCH3 is 1. The molecule has 1 atom stereocenters. The van der Waals surface area contributed by atoms with E-state index in [4.69, 9.17) is 4.74 Å². The quantitative estimate of drug-likeness (QED) is 0.320. The third-order valence-electron chi connectivity index (χ3n) is 5.14. The van der Waals surface area contributed by atoms with Crippen LogP contribution in [-0.4, -0.2) is 46.4 Å². The Labute approximate surface area is 192 Å². The van der Waals surface area contributed by atoms with Gasteiger partial charge in [-0.3, -0.25) is 14.3 Å². The van der Waals surface area contributed by atoms with E-state index < -0.39 is 30.3 Å². The second-order valence-corrected chi connectivity index (χ2v) is 7.39. The second-order valence-electron chi connectivity index (χ2n) is 7.39. The third-order valence-corrected chi connectivity index (χ3v) is 5.14. The Morgan fingerprint density at radius 3 is 2.71 bits per heavy atom. The minimum Gasteiger partial charge on any atom is -0.494 e. The highest BCUT2D eigenvalue weighted by Crippen LogP contribution is 2.27. The Morgan fingerprint density at radius 1 is 1.15 bits per heavy atom. The largest absolute Gasteiger partial charge is 0.494 e. The number of carbonyl (C=O) groups excluding carboxylic acids is 1. The third kappa shape index (κ3) is 4.92. The van der Waals surface area contributed by atoms with E-state index in [9.17, 15) is 18.0 Å². The number of hydrogen-bond donors (Lipinski definition) is 3. The maximum Gasteiger partial charge on any atom is 0.252 e. The molecule has 2 aromatic carbocycles. The first-order chi connectivity index (χ1) is 16.5. The molecule has 34 heavy (non-hydrogen) atoms. The van der Waals surface area contributed by atoms with Crippen LogP contribution in [0.4, 0.5) is 19.1 Å². The lowest BCUT2D eigenvalue weighted by molar-refractivity contribution is 0.0942. The molecule has 11 heteroatoms. The first-order valence-corrected chi connectivity index (χ1v) is 10.4. The summed E-state index contributed by atoms with van der Waals surface area (Å²) in [7, 11) is 1.35. The van der Waals surface area contributed by atoms with Gasteiger partial charge in [0, 0.05) is 30.1 Å². The molecule has 176 valence electrons. The number of nitrogens with zero attached hydrogens (tertiary/aromatic N) is 3. The summed E-state index contributed by atoms with van der Waals surface area (Å²) < 4.78 is 46.3. The summed E-state index contributed by atoms with van der Waals surface area (Å²) >= 11 is 0. The number of ether oxygens (including phenoxy) is 1. The number of hydrogen-bond acceptors (Lipinski definition) is 6. The normalized spacial score (nSPS) is 11.9. The molecule has 4 aromatic rings. The molecule has 0 saturated heterocycles. The minimum absolute atomic E-state index is 0.0147. The van der Waals surface area contributed by atoms with Gasteiger partial charge in [0.2, 0.25) is 5.95 Å². The molecule has 2 aromatic heterocycles. The zero-order valence-corrected chi connectivity index (χ0v) is 18.1. The molecule has 2 heterocycles. The van der Waals surface area contributed by atoms with Gasteiger partial charge in [-0.05, 0) is 36.2 Å². The molecule has 3 N–H and O–H groups in total. The maximum absolute atomic E-state index is 14.7. The van der Waals surface area contributed by atoms with Crippen LogP contribution in [0.3, 0.4) is 0 Å². The summed E-state index contributed by atoms with van der Waals surface area (Å²) in [6.07, 6.45) is 4.64. The van der Waals surface area contributed by atoms with Crippen molar-refractivity contribution in [1.82, 2.24) is 25.5 Å². The van der Waals surface area contributed by atoms with Gasteiger partial charge in [-0.15, -0.1) is 0 Å². The number of amides is 1. The molecule has 0 radical (unpaired) electrons. The maximum atomic E-state index is 14.7. The lowest BCUT2D eigenvalue weighted by Gasteiger charge is -2.19. The van der Waals surface area contributed by atoms with Crippen molar-refractivity contribution in [3.05, 3.63) is 77.2 Å². The van der Waals surface area contributed by atoms with Crippen molar-refractivity contribution >= 4 is 22.8 Å². The lowest BCUT2D eigenvalue weighted by atomic mass is 10.0. The van der Waals surface area contributed by atoms with Gasteiger partial charge in [0.25, 0.3) is 5.91 Å². The van der Waals surface area contributed by atoms with E-state index in [2.05, 4.69) is 30.8 Å². The molecule has 4 rings (SSSR count). The topological polar surface area (TPSA) is 105 Å². The van der Waals surface area contributed by atoms with Gasteiger partial charge in [0.05, 0.1) is 36.9 Å². The van der Waals surface area contributed by atoms with Crippen LogP contribution in [0.25, 0.3) is 10.9 Å². The van der Waals surface area contributed by atoms with E-state index >= 15 is 0 Å². The van der Waals surface area contributed by atoms with Crippen molar-refractivity contribution in [2.75, 3.05) is 25.6 Å². The predicted octanol–water partition coefficient (Wildman–Crippen LogP) is 3.93. The highest BCUT2D eigenvalue weighted by molar-refractivity contribution is 5.98. The summed E-state index contributed by atoms with van der Waals surface area (Å²) in [5.41, 5.74) is 1.23. The van der Waals surface area contributed by atoms with Crippen molar-refractivity contribution in [2.45, 2.75) is 12.5 Å². The van der Waals surface area contributed by atoms with Gasteiger partial charge in [0.15, 0.2) is 11.6 Å². The Balaban J connectivity index is 1.64. The Bertz CT molecular complexity index is 1300. The van der Waals surface area contributed by atoms with Crippen LogP contribution >= 0.6 is 0 Å². The Morgan fingerprint density at radius 2 is 2.00 bits per heavy atom. The SMILES string of the molecule is COc1ccc(C(NC(=O)c2cc(F)c3cnc(NCCCF)nc3c2)c2cn[nH]c2)cc1F. The molecule has 0 saturated carbocycles. The van der Waals surface area contributed by atoms with Crippen molar-refractivity contribution in [2.24, 2.45) is 0 Å². The molecule has 8 nitrogen and oxygen atoms in total. The standard InChI is InChI=1S/C23H21F3N6O2/c1-34-20-4-3-13(7-18(20)26)21(15-10-29-30-11-15)32-22(33)14-8-17(25)16-12-28-23(27-6-2-5-24)31-19(16)9-14/h3-4,7-12,21H,2,5-6H2,1H3,(H,29,30)(H,32,33)(H,27,28,31). The molecule has 0 aliphatic rings. The van der Waals surface area contributed by atoms with Crippen LogP contribution in [0.5, 0.6) is 5.75 Å². The van der Waals surface area contributed by atoms with Crippen molar-refractivity contribution in [3.63, 3.8) is 0 Å². The average molecular weight is 470 g/mol. The number of halogens is 3. The number of aromatic amines is 1. The monoisotopic (exact) mass is 470 g/mol. The highest BCUT2D eigenvalue weighted by Gasteiger charge is 2.21. The summed E-state index contributed by atoms with van der Waals surface area (Å²) in [4.78, 5) is 21.3. The van der Waals surface area contributed by atoms with Crippen LogP contribution < -0.4 is 15.4 Å². The number of nitrogens with one attached hydrogen (secondary N) is 3. The second kappa shape index (κ2) is 10.2. The van der Waals surface area contributed by atoms with Crippen LogP contribution in [0, 0.1) is 11.6 Å². The van der Waals surface area contributed by atoms with Gasteiger partial charge in [-0.2, -0.15) is 5.10 Å². The van der Waals surface area contributed by atoms with Crippen LogP contribution in [0.2, 0.25) is 0 Å². The number of rotatable bonds is 9. The summed E-state index contributed by atoms with van der Waals surface area (Å²) in [5.74, 6) is -1.61. The van der Waals surface area contributed by atoms with E-state index in [1.54, 1.807) is 12.3 Å². The zero-order valence-electron chi connectivity index (χ0n) is 18.1. The van der Waals surface area contributed by atoms with Gasteiger partial charge in [-0.25, -0.2) is 18.7 Å². The zero-order chi connectivity index (χ0) is 24.1. The molecular weight excluding hydrogens is 449 g/mol. The van der Waals surface area contributed by atoms with Crippen molar-refractivity contribution in [3.8, 4) is 5.75 Å². The number of H-pyrrole nitrogens is 1. The molecule has 0 aliphatic carbocycles. The molecular formula is C23H21F3N6O2. The van der Waals surface area contributed by atoms with Gasteiger partial charge in [-0.1, -0.05) is 6.07 Å². The van der Waals surface area contributed by atoms with Gasteiger partial charge >= 0.3 is 0 Å². The number of alkyl halides is 1. The van der Waals surface area contributed by atoms with E-state index in [1.165, 1.54) is 37.7 Å². The van der Waals surface area contributed by atoms with Crippen molar-refractivity contribution < 1.29 is 22.7 Å². The predicted molar refractivity (Wildman–Crippen MR) is 119 cm³/mol. The fraction of sp³-hybridized carbons (Fsp3) is 0.217. The van der Waals surface area contributed by atoms with Crippen LogP contribution in [0.1, 0.15) is 33.9 Å². The number of fused-ring (bicyclic) bond motifs is 1. The summed E-state index contributed by atoms with van der Waals surface area (Å²) in [5, 5.41) is 12.3. The number of benzene rings is 2. The molecule has 1 unspecified atom stereocenters. The van der Waals surface area contributed by atoms with Crippen molar-refractivity contribution in [1.29, 1.82) is 0 Å². The number of anilines is 1. The minimum atomic E-state index is -0.770. The fourth-order valence-electron chi connectivity index (χ4n) is 3.43. The molecule has 1 amide bonds. The van der Waals surface area contributed by atoms with Gasteiger partial charge in [0.1, 0.15) is 5.82 Å². The summed E-state index contributed by atoms with van der Waals surface area (Å²) in [6, 6.07) is 6.06. The first kappa shape index (κ1) is 23.0. The van der Waals surface area contributed by atoms with Gasteiger partial charge < -0.3 is 15.4 Å². The average Bonchev–Trinajstić information content (AvgIpc) is 3.37. The fourth-order valence-corrected chi connectivity index (χ4v) is 3.43. The van der Waals surface area contributed by atoms with E-state index in [0.717, 1.165) is 6.07 Å². The van der Waals surface area contributed by atoms with Crippen LogP contribution in [0.15, 0.2) is 48.9 Å². The highest BCUT2D eigenvalue weighted by atomic mass is 19.1. The summed E-state index contributed by atoms with van der Waals surface area (Å²) in [6.45, 7) is -0.176. The van der Waals surface area contributed by atoms with Crippen LogP contribution in [-0.2, 0) is 0 Å². The molecule has 0 spiro atoms. The smallest absolute Gasteiger partial charge is 0.252 e. The Hall–Kier alpha value is -4.15. The number of carbonyl (C=O) groups is 1. The van der Waals surface area contributed by atoms with E-state index in [0.29, 0.717) is 17.7 Å². The first-order valence-electron chi connectivity index (χ1n) is 10.4. The lowest BCUT2D eigenvalue weighted by Crippen LogP contribution is -2.29. The van der Waals surface area contributed by atoms with E-state index in [1.807, 2.05) is 0 Å². The van der Waals surface area contributed by atoms with E-state index in [-0.39, 0.29) is 34.6 Å².